The van der Waals surface area contributed by atoms with E-state index in [0.717, 1.165) is 43.8 Å². The number of piperazine rings is 1. The van der Waals surface area contributed by atoms with Gasteiger partial charge in [-0.15, -0.1) is 0 Å². The van der Waals surface area contributed by atoms with Crippen LogP contribution in [0.3, 0.4) is 0 Å². The lowest BCUT2D eigenvalue weighted by Crippen LogP contribution is -2.55. The van der Waals surface area contributed by atoms with E-state index < -0.39 is 0 Å². The summed E-state index contributed by atoms with van der Waals surface area (Å²) in [7, 11) is 0. The summed E-state index contributed by atoms with van der Waals surface area (Å²) in [4.78, 5) is 24.8. The fourth-order valence-electron chi connectivity index (χ4n) is 3.87. The van der Waals surface area contributed by atoms with Crippen molar-refractivity contribution in [2.24, 2.45) is 11.8 Å². The number of hydrogen-bond donors (Lipinski definition) is 2. The lowest BCUT2D eigenvalue weighted by atomic mass is 10.1. The summed E-state index contributed by atoms with van der Waals surface area (Å²) in [5.41, 5.74) is 0. The molecule has 0 aromatic carbocycles. The normalized spacial score (nSPS) is 25.8. The standard InChI is InChI=1S/C17H27N5O/c1-2-21-9-10-22(11-14(21)16-18-7-8-19-16)17(23)20-15(12-3-4-12)13-5-6-13/h7-8,12-15H,2-6,9-11H2,1H3,(H,18,19)(H,20,23)/t14-/m1/s1. The number of nitrogens with zero attached hydrogens (tertiary/aromatic N) is 3. The van der Waals surface area contributed by atoms with Crippen LogP contribution < -0.4 is 5.32 Å². The highest BCUT2D eigenvalue weighted by Crippen LogP contribution is 2.44. The average Bonchev–Trinajstić information content (AvgIpc) is 3.51. The van der Waals surface area contributed by atoms with Crippen LogP contribution in [0.2, 0.25) is 0 Å². The number of aromatic nitrogens is 2. The minimum atomic E-state index is 0.126. The highest BCUT2D eigenvalue weighted by Gasteiger charge is 2.43. The molecular weight excluding hydrogens is 290 g/mol. The Morgan fingerprint density at radius 3 is 2.65 bits per heavy atom. The molecule has 1 aromatic heterocycles. The van der Waals surface area contributed by atoms with Crippen molar-refractivity contribution in [2.75, 3.05) is 26.2 Å². The summed E-state index contributed by atoms with van der Waals surface area (Å²) < 4.78 is 0. The van der Waals surface area contributed by atoms with Crippen molar-refractivity contribution in [3.05, 3.63) is 18.2 Å². The SMILES string of the molecule is CCN1CCN(C(=O)NC(C2CC2)C2CC2)C[C@@H]1c1ncc[nH]1. The first-order valence-corrected chi connectivity index (χ1v) is 9.05. The van der Waals surface area contributed by atoms with Crippen molar-refractivity contribution in [1.29, 1.82) is 0 Å². The van der Waals surface area contributed by atoms with Crippen LogP contribution in [0, 0.1) is 11.8 Å². The maximum atomic E-state index is 12.7. The second-order valence-electron chi connectivity index (χ2n) is 7.21. The zero-order valence-corrected chi connectivity index (χ0v) is 13.9. The zero-order chi connectivity index (χ0) is 15.8. The molecule has 126 valence electrons. The predicted molar refractivity (Wildman–Crippen MR) is 87.9 cm³/mol. The number of urea groups is 1. The van der Waals surface area contributed by atoms with Crippen LogP contribution in [0.15, 0.2) is 12.4 Å². The first-order valence-electron chi connectivity index (χ1n) is 9.05. The zero-order valence-electron chi connectivity index (χ0n) is 13.9. The summed E-state index contributed by atoms with van der Waals surface area (Å²) >= 11 is 0. The molecule has 2 heterocycles. The maximum Gasteiger partial charge on any atom is 0.317 e. The van der Waals surface area contributed by atoms with Gasteiger partial charge in [-0.25, -0.2) is 9.78 Å². The molecule has 3 aliphatic rings. The Balaban J connectivity index is 1.41. The van der Waals surface area contributed by atoms with Gasteiger partial charge in [0.15, 0.2) is 0 Å². The molecule has 6 nitrogen and oxygen atoms in total. The van der Waals surface area contributed by atoms with Gasteiger partial charge in [0.25, 0.3) is 0 Å². The van der Waals surface area contributed by atoms with E-state index >= 15 is 0 Å². The molecule has 0 radical (unpaired) electrons. The lowest BCUT2D eigenvalue weighted by Gasteiger charge is -2.40. The molecule has 6 heteroatoms. The molecule has 2 saturated carbocycles. The predicted octanol–water partition coefficient (Wildman–Crippen LogP) is 1.99. The van der Waals surface area contributed by atoms with Gasteiger partial charge in [0, 0.05) is 38.1 Å². The largest absolute Gasteiger partial charge is 0.347 e. The first kappa shape index (κ1) is 15.0. The van der Waals surface area contributed by atoms with Crippen molar-refractivity contribution >= 4 is 6.03 Å². The van der Waals surface area contributed by atoms with Crippen LogP contribution in [0.5, 0.6) is 0 Å². The van der Waals surface area contributed by atoms with E-state index in [2.05, 4.69) is 27.1 Å². The Bertz CT molecular complexity index is 525. The third-order valence-corrected chi connectivity index (χ3v) is 5.57. The minimum Gasteiger partial charge on any atom is -0.347 e. The average molecular weight is 317 g/mol. The van der Waals surface area contributed by atoms with Crippen LogP contribution in [-0.4, -0.2) is 58.0 Å². The molecule has 2 N–H and O–H groups in total. The quantitative estimate of drug-likeness (QED) is 0.873. The van der Waals surface area contributed by atoms with E-state index in [4.69, 9.17) is 0 Å². The van der Waals surface area contributed by atoms with Gasteiger partial charge in [-0.3, -0.25) is 4.90 Å². The molecule has 3 fully saturated rings. The summed E-state index contributed by atoms with van der Waals surface area (Å²) in [5.74, 6) is 2.44. The molecule has 0 bridgehead atoms. The van der Waals surface area contributed by atoms with Gasteiger partial charge in [-0.05, 0) is 44.1 Å². The molecule has 0 unspecified atom stereocenters. The number of aromatic amines is 1. The van der Waals surface area contributed by atoms with E-state index in [0.29, 0.717) is 6.04 Å². The van der Waals surface area contributed by atoms with Gasteiger partial charge in [0.1, 0.15) is 5.82 Å². The van der Waals surface area contributed by atoms with E-state index in [-0.39, 0.29) is 12.1 Å². The van der Waals surface area contributed by atoms with Gasteiger partial charge in [-0.2, -0.15) is 0 Å². The summed E-state index contributed by atoms with van der Waals surface area (Å²) in [6.07, 6.45) is 8.82. The van der Waals surface area contributed by atoms with Gasteiger partial charge >= 0.3 is 6.03 Å². The highest BCUT2D eigenvalue weighted by atomic mass is 16.2. The third-order valence-electron chi connectivity index (χ3n) is 5.57. The van der Waals surface area contributed by atoms with E-state index in [1.165, 1.54) is 25.7 Å². The summed E-state index contributed by atoms with van der Waals surface area (Å²) in [6.45, 7) is 5.58. The van der Waals surface area contributed by atoms with Crippen molar-refractivity contribution in [3.63, 3.8) is 0 Å². The van der Waals surface area contributed by atoms with Crippen molar-refractivity contribution < 1.29 is 4.79 Å². The molecule has 1 saturated heterocycles. The lowest BCUT2D eigenvalue weighted by molar-refractivity contribution is 0.0878. The topological polar surface area (TPSA) is 64.3 Å². The number of rotatable bonds is 5. The Morgan fingerprint density at radius 2 is 2.09 bits per heavy atom. The Kier molecular flexibility index (Phi) is 4.01. The number of amides is 2. The number of imidazole rings is 1. The van der Waals surface area contributed by atoms with Crippen molar-refractivity contribution in [3.8, 4) is 0 Å². The van der Waals surface area contributed by atoms with E-state index in [1.54, 1.807) is 6.20 Å². The van der Waals surface area contributed by atoms with Crippen LogP contribution in [-0.2, 0) is 0 Å². The first-order chi connectivity index (χ1) is 11.3. The van der Waals surface area contributed by atoms with Gasteiger partial charge < -0.3 is 15.2 Å². The number of H-pyrrole nitrogens is 1. The van der Waals surface area contributed by atoms with Gasteiger partial charge in [0.05, 0.1) is 6.04 Å². The molecule has 1 atom stereocenters. The van der Waals surface area contributed by atoms with E-state index in [9.17, 15) is 4.79 Å². The molecule has 0 spiro atoms. The Morgan fingerprint density at radius 1 is 1.35 bits per heavy atom. The van der Waals surface area contributed by atoms with Gasteiger partial charge in [-0.1, -0.05) is 6.92 Å². The second-order valence-corrected chi connectivity index (χ2v) is 7.21. The number of carbonyl (C=O) groups excluding carboxylic acids is 1. The third kappa shape index (κ3) is 3.22. The number of hydrogen-bond acceptors (Lipinski definition) is 3. The number of nitrogens with one attached hydrogen (secondary N) is 2. The second kappa shape index (κ2) is 6.15. The molecule has 4 rings (SSSR count). The Hall–Kier alpha value is -1.56. The summed E-state index contributed by atoms with van der Waals surface area (Å²) in [5, 5.41) is 3.35. The number of likely N-dealkylation sites (N-methyl/N-ethyl adjacent to an activating group) is 1. The molecule has 2 aliphatic carbocycles. The highest BCUT2D eigenvalue weighted by molar-refractivity contribution is 5.75. The molecule has 23 heavy (non-hydrogen) atoms. The van der Waals surface area contributed by atoms with Crippen molar-refractivity contribution in [1.82, 2.24) is 25.1 Å². The molecule has 1 aliphatic heterocycles. The number of carbonyl (C=O) groups is 1. The van der Waals surface area contributed by atoms with Crippen molar-refractivity contribution in [2.45, 2.75) is 44.7 Å². The monoisotopic (exact) mass is 317 g/mol. The smallest absolute Gasteiger partial charge is 0.317 e. The van der Waals surface area contributed by atoms with E-state index in [1.807, 2.05) is 11.1 Å². The summed E-state index contributed by atoms with van der Waals surface area (Å²) in [6, 6.07) is 0.727. The van der Waals surface area contributed by atoms with Crippen LogP contribution >= 0.6 is 0 Å². The van der Waals surface area contributed by atoms with Crippen LogP contribution in [0.4, 0.5) is 4.79 Å². The molecular formula is C17H27N5O. The fraction of sp³-hybridized carbons (Fsp3) is 0.765. The molecule has 2 amide bonds. The maximum absolute atomic E-state index is 12.7. The van der Waals surface area contributed by atoms with Gasteiger partial charge in [0.2, 0.25) is 0 Å². The minimum absolute atomic E-state index is 0.126. The van der Waals surface area contributed by atoms with Crippen LogP contribution in [0.25, 0.3) is 0 Å². The fourth-order valence-corrected chi connectivity index (χ4v) is 3.87. The van der Waals surface area contributed by atoms with Crippen LogP contribution in [0.1, 0.15) is 44.5 Å². The molecule has 1 aromatic rings. The Labute approximate surface area is 137 Å².